The summed E-state index contributed by atoms with van der Waals surface area (Å²) in [5.41, 5.74) is 1.21. The van der Waals surface area contributed by atoms with Gasteiger partial charge in [0.05, 0.1) is 0 Å². The Morgan fingerprint density at radius 3 is 2.06 bits per heavy atom. The molecule has 0 fully saturated rings. The number of hydrogen-bond donors (Lipinski definition) is 1. The molecule has 0 aliphatic heterocycles. The van der Waals surface area contributed by atoms with Gasteiger partial charge in [-0.3, -0.25) is 4.79 Å². The molecule has 0 aromatic heterocycles. The first-order valence-corrected chi connectivity index (χ1v) is 9.92. The predicted octanol–water partition coefficient (Wildman–Crippen LogP) is 4.90. The Balaban J connectivity index is -0.000000356. The van der Waals surface area contributed by atoms with Crippen molar-refractivity contribution < 1.29 is 26.4 Å². The van der Waals surface area contributed by atoms with Crippen LogP contribution in [0.4, 0.5) is 0 Å². The molecule has 1 aromatic carbocycles. The smallest absolute Gasteiger partial charge is 0.693 e. The quantitative estimate of drug-likeness (QED) is 0.688. The van der Waals surface area contributed by atoms with Crippen molar-refractivity contribution >= 4 is 24.8 Å². The SMILES string of the molecule is O=C(O)CCCc1ccccc1.[Cl][Pt+2][Cl].[NH2-].[NH2-]. The maximum atomic E-state index is 10.2. The molecule has 0 heterocycles. The van der Waals surface area contributed by atoms with Gasteiger partial charge in [0.2, 0.25) is 0 Å². The Kier molecular flexibility index (Phi) is 20.6. The van der Waals surface area contributed by atoms with Crippen molar-refractivity contribution in [1.82, 2.24) is 0 Å². The van der Waals surface area contributed by atoms with Crippen LogP contribution in [-0.2, 0) is 27.7 Å². The second-order valence-corrected chi connectivity index (χ2v) is 6.06. The van der Waals surface area contributed by atoms with Gasteiger partial charge < -0.3 is 17.4 Å². The van der Waals surface area contributed by atoms with Crippen molar-refractivity contribution in [3.8, 4) is 0 Å². The normalized spacial score (nSPS) is 8.12. The maximum Gasteiger partial charge on any atom is -0.693 e. The molecule has 0 saturated heterocycles. The van der Waals surface area contributed by atoms with E-state index < -0.39 is 22.5 Å². The number of aliphatic carboxylic acids is 1. The molecule has 0 spiro atoms. The second-order valence-electron chi connectivity index (χ2n) is 2.78. The molecular weight excluding hydrogens is 446 g/mol. The number of hydrogen-bond acceptors (Lipinski definition) is 1. The van der Waals surface area contributed by atoms with Crippen LogP contribution in [0.2, 0.25) is 0 Å². The molecule has 0 aliphatic carbocycles. The van der Waals surface area contributed by atoms with Crippen LogP contribution in [-0.4, -0.2) is 11.1 Å². The molecule has 7 heteroatoms. The number of carboxylic acid groups (broad SMARTS) is 1. The van der Waals surface area contributed by atoms with Crippen LogP contribution in [0.25, 0.3) is 12.3 Å². The van der Waals surface area contributed by atoms with Crippen LogP contribution in [0.1, 0.15) is 18.4 Å². The van der Waals surface area contributed by atoms with E-state index in [9.17, 15) is 4.79 Å². The first kappa shape index (κ1) is 22.1. The largest absolute Gasteiger partial charge is 0.693 e. The van der Waals surface area contributed by atoms with Crippen LogP contribution in [0.15, 0.2) is 30.3 Å². The van der Waals surface area contributed by atoms with E-state index in [4.69, 9.17) is 23.9 Å². The molecule has 102 valence electrons. The van der Waals surface area contributed by atoms with Crippen LogP contribution in [0.3, 0.4) is 0 Å². The van der Waals surface area contributed by atoms with E-state index in [-0.39, 0.29) is 18.7 Å². The molecule has 0 radical (unpaired) electrons. The summed E-state index contributed by atoms with van der Waals surface area (Å²) in [4.78, 5) is 10.2. The molecule has 1 rings (SSSR count). The summed E-state index contributed by atoms with van der Waals surface area (Å²) in [5, 5.41) is 8.39. The molecule has 0 bridgehead atoms. The van der Waals surface area contributed by atoms with Crippen molar-refractivity contribution in [1.29, 1.82) is 0 Å². The van der Waals surface area contributed by atoms with Gasteiger partial charge in [-0.25, -0.2) is 0 Å². The number of nitrogens with two attached hydrogens (primary N) is 2. The Morgan fingerprint density at radius 2 is 1.65 bits per heavy atom. The van der Waals surface area contributed by atoms with E-state index in [2.05, 4.69) is 0 Å². The van der Waals surface area contributed by atoms with Gasteiger partial charge in [0, 0.05) is 6.42 Å². The molecule has 5 N–H and O–H groups in total. The Morgan fingerprint density at radius 1 is 1.18 bits per heavy atom. The van der Waals surface area contributed by atoms with Crippen LogP contribution in [0, 0.1) is 0 Å². The van der Waals surface area contributed by atoms with E-state index in [1.54, 1.807) is 0 Å². The van der Waals surface area contributed by atoms with E-state index in [1.807, 2.05) is 30.3 Å². The van der Waals surface area contributed by atoms with Crippen LogP contribution in [0.5, 0.6) is 0 Å². The van der Waals surface area contributed by atoms with Gasteiger partial charge in [-0.15, -0.1) is 0 Å². The van der Waals surface area contributed by atoms with E-state index >= 15 is 0 Å². The van der Waals surface area contributed by atoms with Crippen molar-refractivity contribution in [3.05, 3.63) is 48.2 Å². The van der Waals surface area contributed by atoms with E-state index in [1.165, 1.54) is 5.56 Å². The minimum Gasteiger partial charge on any atom is -0.693 e. The monoisotopic (exact) mass is 461 g/mol. The second kappa shape index (κ2) is 15.9. The third-order valence-electron chi connectivity index (χ3n) is 1.70. The number of rotatable bonds is 4. The molecular formula is C10H16Cl2N2O2Pt. The summed E-state index contributed by atoms with van der Waals surface area (Å²) in [6.07, 6.45) is 1.83. The number of carbonyl (C=O) groups is 1. The summed E-state index contributed by atoms with van der Waals surface area (Å²) in [6.45, 7) is 0. The molecule has 0 aliphatic rings. The van der Waals surface area contributed by atoms with Crippen molar-refractivity contribution in [3.63, 3.8) is 0 Å². The van der Waals surface area contributed by atoms with Gasteiger partial charge in [0.1, 0.15) is 0 Å². The number of halogens is 2. The van der Waals surface area contributed by atoms with E-state index in [0.717, 1.165) is 12.8 Å². The Hall–Kier alpha value is -0.122. The third kappa shape index (κ3) is 15.9. The predicted molar refractivity (Wildman–Crippen MR) is 69.3 cm³/mol. The zero-order chi connectivity index (χ0) is 11.5. The molecule has 0 atom stereocenters. The fourth-order valence-electron chi connectivity index (χ4n) is 1.09. The summed E-state index contributed by atoms with van der Waals surface area (Å²) in [6, 6.07) is 9.93. The first-order chi connectivity index (χ1) is 7.20. The number of carboxylic acids is 1. The van der Waals surface area contributed by atoms with Gasteiger partial charge in [-0.1, -0.05) is 30.3 Å². The standard InChI is InChI=1S/C10H12O2.2ClH.2H2N.Pt/c11-10(12)8-4-7-9-5-2-1-3-6-9;;;;;/h1-3,5-6H,4,7-8H2,(H,11,12);2*1H;2*1H2;/q;;;2*-1;+4/p-2. The Bertz CT molecular complexity index is 276. The minimum atomic E-state index is -0.717. The average molecular weight is 462 g/mol. The van der Waals surface area contributed by atoms with Gasteiger partial charge in [-0.05, 0) is 18.4 Å². The van der Waals surface area contributed by atoms with Crippen LogP contribution < -0.4 is 0 Å². The van der Waals surface area contributed by atoms with Gasteiger partial charge in [0.25, 0.3) is 0 Å². The topological polar surface area (TPSA) is 104 Å². The molecule has 0 amide bonds. The first-order valence-electron chi connectivity index (χ1n) is 4.28. The summed E-state index contributed by atoms with van der Waals surface area (Å²) < 4.78 is 0. The zero-order valence-corrected chi connectivity index (χ0v) is 12.9. The summed E-state index contributed by atoms with van der Waals surface area (Å²) in [7, 11) is 9.75. The third-order valence-corrected chi connectivity index (χ3v) is 1.70. The fraction of sp³-hybridized carbons (Fsp3) is 0.300. The Labute approximate surface area is 118 Å². The van der Waals surface area contributed by atoms with E-state index in [0.29, 0.717) is 0 Å². The van der Waals surface area contributed by atoms with Gasteiger partial charge in [-0.2, -0.15) is 0 Å². The fourth-order valence-corrected chi connectivity index (χ4v) is 1.09. The van der Waals surface area contributed by atoms with Crippen molar-refractivity contribution in [2.45, 2.75) is 19.3 Å². The maximum absolute atomic E-state index is 10.2. The summed E-state index contributed by atoms with van der Waals surface area (Å²) in [5.74, 6) is -0.717. The van der Waals surface area contributed by atoms with Crippen LogP contribution >= 0.6 is 18.8 Å². The van der Waals surface area contributed by atoms with Crippen molar-refractivity contribution in [2.24, 2.45) is 0 Å². The van der Waals surface area contributed by atoms with Gasteiger partial charge in [0.15, 0.2) is 0 Å². The molecule has 0 saturated carbocycles. The zero-order valence-electron chi connectivity index (χ0n) is 9.09. The summed E-state index contributed by atoms with van der Waals surface area (Å²) >= 11 is -0.472. The van der Waals surface area contributed by atoms with Crippen molar-refractivity contribution in [2.75, 3.05) is 0 Å². The molecule has 4 nitrogen and oxygen atoms in total. The molecule has 17 heavy (non-hydrogen) atoms. The van der Waals surface area contributed by atoms with Gasteiger partial charge >= 0.3 is 41.3 Å². The molecule has 0 unspecified atom stereocenters. The average Bonchev–Trinajstić information content (AvgIpc) is 2.20. The minimum absolute atomic E-state index is 0. The number of benzene rings is 1. The molecule has 1 aromatic rings. The number of aryl methyl sites for hydroxylation is 1.